The summed E-state index contributed by atoms with van der Waals surface area (Å²) in [5, 5.41) is 15.6. The van der Waals surface area contributed by atoms with E-state index in [2.05, 4.69) is 4.98 Å². The maximum Gasteiger partial charge on any atom is 0.328 e. The molecular weight excluding hydrogens is 250 g/mol. The Hall–Kier alpha value is -2.89. The zero-order chi connectivity index (χ0) is 14.1. The molecular formula is C13H11NO5. The van der Waals surface area contributed by atoms with Gasteiger partial charge in [-0.25, -0.2) is 9.59 Å². The first-order valence-electron chi connectivity index (χ1n) is 5.16. The fraction of sp³-hybridized carbons (Fsp3) is 0. The molecule has 0 saturated carbocycles. The number of hydrogen-bond acceptors (Lipinski definition) is 4. The van der Waals surface area contributed by atoms with Gasteiger partial charge in [-0.15, -0.1) is 0 Å². The average Bonchev–Trinajstić information content (AvgIpc) is 2.62. The molecule has 1 aromatic heterocycles. The second kappa shape index (κ2) is 7.44. The Morgan fingerprint density at radius 3 is 2.21 bits per heavy atom. The molecule has 1 aromatic rings. The SMILES string of the molecule is C1=Cc2ccncc2C=CO1.O=C(O)/C=C\C(=O)O. The molecule has 1 aliphatic rings. The van der Waals surface area contributed by atoms with Gasteiger partial charge >= 0.3 is 11.9 Å². The van der Waals surface area contributed by atoms with Crippen molar-refractivity contribution < 1.29 is 24.5 Å². The van der Waals surface area contributed by atoms with Crippen molar-refractivity contribution >= 4 is 24.1 Å². The standard InChI is InChI=1S/C9H7NO.C4H4O4/c1-4-10-7-9-3-6-11-5-2-8(1)9;5-3(6)1-2-4(7)8/h1-7H;1-2H,(H,5,6)(H,7,8)/b;2-1-. The fourth-order valence-corrected chi connectivity index (χ4v) is 1.12. The van der Waals surface area contributed by atoms with Gasteiger partial charge in [-0.1, -0.05) is 0 Å². The van der Waals surface area contributed by atoms with Crippen LogP contribution in [0, 0.1) is 0 Å². The van der Waals surface area contributed by atoms with Crippen LogP contribution in [0.5, 0.6) is 0 Å². The van der Waals surface area contributed by atoms with E-state index in [1.54, 1.807) is 18.7 Å². The number of rotatable bonds is 2. The maximum absolute atomic E-state index is 9.55. The highest BCUT2D eigenvalue weighted by Crippen LogP contribution is 2.13. The quantitative estimate of drug-likeness (QED) is 0.787. The first kappa shape index (κ1) is 14.2. The summed E-state index contributed by atoms with van der Waals surface area (Å²) < 4.78 is 4.99. The van der Waals surface area contributed by atoms with Crippen molar-refractivity contribution in [2.24, 2.45) is 0 Å². The molecule has 1 aliphatic heterocycles. The molecule has 6 nitrogen and oxygen atoms in total. The van der Waals surface area contributed by atoms with Crippen molar-refractivity contribution in [1.82, 2.24) is 4.98 Å². The van der Waals surface area contributed by atoms with E-state index in [-0.39, 0.29) is 0 Å². The van der Waals surface area contributed by atoms with Gasteiger partial charge in [0.05, 0.1) is 12.5 Å². The average molecular weight is 261 g/mol. The summed E-state index contributed by atoms with van der Waals surface area (Å²) >= 11 is 0. The third-order valence-electron chi connectivity index (χ3n) is 1.91. The van der Waals surface area contributed by atoms with E-state index in [9.17, 15) is 9.59 Å². The minimum atomic E-state index is -1.26. The Kier molecular flexibility index (Phi) is 5.55. The van der Waals surface area contributed by atoms with Gasteiger partial charge in [-0.2, -0.15) is 0 Å². The molecule has 0 bridgehead atoms. The summed E-state index contributed by atoms with van der Waals surface area (Å²) in [5.41, 5.74) is 2.22. The van der Waals surface area contributed by atoms with Crippen LogP contribution in [0.4, 0.5) is 0 Å². The number of carbonyl (C=O) groups is 2. The lowest BCUT2D eigenvalue weighted by molar-refractivity contribution is -0.134. The van der Waals surface area contributed by atoms with E-state index in [0.717, 1.165) is 11.1 Å². The van der Waals surface area contributed by atoms with Gasteiger partial charge in [0.25, 0.3) is 0 Å². The fourth-order valence-electron chi connectivity index (χ4n) is 1.12. The number of pyridine rings is 1. The lowest BCUT2D eigenvalue weighted by Crippen LogP contribution is -1.91. The minimum absolute atomic E-state index is 0.558. The number of hydrogen-bond donors (Lipinski definition) is 2. The van der Waals surface area contributed by atoms with E-state index >= 15 is 0 Å². The highest BCUT2D eigenvalue weighted by molar-refractivity contribution is 5.89. The van der Waals surface area contributed by atoms with Gasteiger partial charge in [-0.3, -0.25) is 4.98 Å². The molecule has 0 unspecified atom stereocenters. The van der Waals surface area contributed by atoms with Crippen LogP contribution in [0.1, 0.15) is 11.1 Å². The van der Waals surface area contributed by atoms with E-state index in [0.29, 0.717) is 12.2 Å². The molecule has 0 atom stereocenters. The minimum Gasteiger partial charge on any atom is -0.478 e. The van der Waals surface area contributed by atoms with Crippen LogP contribution in [0.15, 0.2) is 43.1 Å². The lowest BCUT2D eigenvalue weighted by atomic mass is 10.1. The molecule has 0 aromatic carbocycles. The molecule has 0 radical (unpaired) electrons. The van der Waals surface area contributed by atoms with Gasteiger partial charge < -0.3 is 14.9 Å². The van der Waals surface area contributed by atoms with Crippen LogP contribution in [0.3, 0.4) is 0 Å². The van der Waals surface area contributed by atoms with Crippen molar-refractivity contribution in [3.05, 3.63) is 54.3 Å². The van der Waals surface area contributed by atoms with Crippen LogP contribution in [0.2, 0.25) is 0 Å². The number of carboxylic acids is 2. The number of fused-ring (bicyclic) bond motifs is 1. The molecule has 19 heavy (non-hydrogen) atoms. The van der Waals surface area contributed by atoms with E-state index in [1.165, 1.54) is 0 Å². The number of carboxylic acid groups (broad SMARTS) is 2. The second-order valence-electron chi connectivity index (χ2n) is 3.26. The number of nitrogens with zero attached hydrogens (tertiary/aromatic N) is 1. The van der Waals surface area contributed by atoms with Crippen LogP contribution in [-0.2, 0) is 14.3 Å². The zero-order valence-corrected chi connectivity index (χ0v) is 9.76. The molecule has 0 spiro atoms. The Morgan fingerprint density at radius 1 is 1.05 bits per heavy atom. The first-order chi connectivity index (χ1) is 9.09. The Bertz CT molecular complexity index is 499. The molecule has 2 rings (SSSR count). The molecule has 0 aliphatic carbocycles. The summed E-state index contributed by atoms with van der Waals surface area (Å²) in [6, 6.07) is 1.95. The predicted octanol–water partition coefficient (Wildman–Crippen LogP) is 1.77. The van der Waals surface area contributed by atoms with E-state index < -0.39 is 11.9 Å². The molecule has 2 N–H and O–H groups in total. The largest absolute Gasteiger partial charge is 0.478 e. The maximum atomic E-state index is 9.55. The van der Waals surface area contributed by atoms with Crippen molar-refractivity contribution in [1.29, 1.82) is 0 Å². The smallest absolute Gasteiger partial charge is 0.328 e. The summed E-state index contributed by atoms with van der Waals surface area (Å²) in [5.74, 6) is -2.51. The van der Waals surface area contributed by atoms with Crippen molar-refractivity contribution in [3.8, 4) is 0 Å². The lowest BCUT2D eigenvalue weighted by Gasteiger charge is -1.94. The van der Waals surface area contributed by atoms with Crippen molar-refractivity contribution in [3.63, 3.8) is 0 Å². The molecule has 0 fully saturated rings. The third kappa shape index (κ3) is 5.83. The molecule has 2 heterocycles. The number of aromatic nitrogens is 1. The van der Waals surface area contributed by atoms with Gasteiger partial charge in [0, 0.05) is 30.1 Å². The van der Waals surface area contributed by atoms with Gasteiger partial charge in [0.15, 0.2) is 0 Å². The zero-order valence-electron chi connectivity index (χ0n) is 9.76. The number of ether oxygens (including phenoxy) is 1. The summed E-state index contributed by atoms with van der Waals surface area (Å²) in [7, 11) is 0. The first-order valence-corrected chi connectivity index (χ1v) is 5.16. The summed E-state index contributed by atoms with van der Waals surface area (Å²) in [4.78, 5) is 23.1. The number of aliphatic carboxylic acids is 2. The van der Waals surface area contributed by atoms with Crippen LogP contribution in [0.25, 0.3) is 12.2 Å². The molecule has 98 valence electrons. The normalized spacial score (nSPS) is 11.8. The van der Waals surface area contributed by atoms with E-state index in [4.69, 9.17) is 14.9 Å². The van der Waals surface area contributed by atoms with E-state index in [1.807, 2.05) is 24.4 Å². The van der Waals surface area contributed by atoms with Crippen molar-refractivity contribution in [2.45, 2.75) is 0 Å². The van der Waals surface area contributed by atoms with Crippen LogP contribution >= 0.6 is 0 Å². The topological polar surface area (TPSA) is 96.7 Å². The van der Waals surface area contributed by atoms with Crippen molar-refractivity contribution in [2.75, 3.05) is 0 Å². The second-order valence-corrected chi connectivity index (χ2v) is 3.26. The third-order valence-corrected chi connectivity index (χ3v) is 1.91. The Balaban J connectivity index is 0.000000203. The van der Waals surface area contributed by atoms with Gasteiger partial charge in [0.1, 0.15) is 0 Å². The predicted molar refractivity (Wildman–Crippen MR) is 67.8 cm³/mol. The molecule has 0 saturated heterocycles. The Morgan fingerprint density at radius 2 is 1.63 bits per heavy atom. The van der Waals surface area contributed by atoms with Gasteiger partial charge in [0.2, 0.25) is 0 Å². The summed E-state index contributed by atoms with van der Waals surface area (Å²) in [6.45, 7) is 0. The molecule has 6 heteroatoms. The monoisotopic (exact) mass is 261 g/mol. The summed E-state index contributed by atoms with van der Waals surface area (Å²) in [6.07, 6.45) is 11.8. The van der Waals surface area contributed by atoms with Crippen LogP contribution < -0.4 is 0 Å². The van der Waals surface area contributed by atoms with Gasteiger partial charge in [-0.05, 0) is 23.8 Å². The highest BCUT2D eigenvalue weighted by Gasteiger charge is 1.96. The molecule has 0 amide bonds. The Labute approximate surface area is 109 Å². The highest BCUT2D eigenvalue weighted by atomic mass is 16.5. The van der Waals surface area contributed by atoms with Crippen LogP contribution in [-0.4, -0.2) is 27.1 Å².